The molecule has 1 aliphatic heterocycles. The Morgan fingerprint density at radius 1 is 1.13 bits per heavy atom. The molecule has 1 saturated heterocycles. The topological polar surface area (TPSA) is 64.1 Å². The minimum absolute atomic E-state index is 0. The number of nitrogens with zero attached hydrogens (tertiary/aromatic N) is 1. The van der Waals surface area contributed by atoms with E-state index in [0.717, 1.165) is 64.7 Å². The van der Waals surface area contributed by atoms with E-state index in [-0.39, 0.29) is 24.0 Å². The van der Waals surface area contributed by atoms with Crippen molar-refractivity contribution < 1.29 is 14.2 Å². The van der Waals surface area contributed by atoms with Crippen molar-refractivity contribution in [1.82, 2.24) is 10.6 Å². The van der Waals surface area contributed by atoms with Gasteiger partial charge < -0.3 is 24.8 Å². The summed E-state index contributed by atoms with van der Waals surface area (Å²) >= 11 is 0. The van der Waals surface area contributed by atoms with Crippen LogP contribution in [0.5, 0.6) is 0 Å². The van der Waals surface area contributed by atoms with Crippen molar-refractivity contribution in [3.63, 3.8) is 0 Å². The van der Waals surface area contributed by atoms with E-state index in [1.54, 1.807) is 7.05 Å². The van der Waals surface area contributed by atoms with Gasteiger partial charge in [-0.1, -0.05) is 13.3 Å². The lowest BCUT2D eigenvalue weighted by molar-refractivity contribution is 0.0168. The molecule has 1 rings (SSSR count). The zero-order valence-corrected chi connectivity index (χ0v) is 17.0. The standard InChI is InChI=1S/C16H33N3O3.HI/c1-3-4-10-20-13-9-19-16(17-2)18-8-6-11-21-14-15-7-5-12-22-15;/h15H,3-14H2,1-2H3,(H2,17,18,19);1H. The molecule has 23 heavy (non-hydrogen) atoms. The molecule has 0 spiro atoms. The molecule has 1 unspecified atom stereocenters. The number of guanidine groups is 1. The van der Waals surface area contributed by atoms with E-state index in [1.807, 2.05) is 0 Å². The van der Waals surface area contributed by atoms with Gasteiger partial charge in [0.2, 0.25) is 0 Å². The van der Waals surface area contributed by atoms with Gasteiger partial charge >= 0.3 is 0 Å². The van der Waals surface area contributed by atoms with Crippen molar-refractivity contribution >= 4 is 29.9 Å². The molecule has 0 amide bonds. The Hall–Kier alpha value is -0.120. The van der Waals surface area contributed by atoms with Gasteiger partial charge in [0.05, 0.1) is 19.3 Å². The van der Waals surface area contributed by atoms with E-state index in [2.05, 4.69) is 22.5 Å². The van der Waals surface area contributed by atoms with Gasteiger partial charge in [0.1, 0.15) is 0 Å². The van der Waals surface area contributed by atoms with Crippen molar-refractivity contribution in [3.8, 4) is 0 Å². The molecule has 1 aliphatic rings. The summed E-state index contributed by atoms with van der Waals surface area (Å²) in [6, 6.07) is 0. The molecule has 0 aromatic heterocycles. The highest BCUT2D eigenvalue weighted by atomic mass is 127. The number of ether oxygens (including phenoxy) is 3. The van der Waals surface area contributed by atoms with E-state index in [1.165, 1.54) is 12.8 Å². The molecule has 0 aromatic carbocycles. The van der Waals surface area contributed by atoms with Crippen LogP contribution in [0.15, 0.2) is 4.99 Å². The van der Waals surface area contributed by atoms with Crippen LogP contribution in [0.25, 0.3) is 0 Å². The van der Waals surface area contributed by atoms with Crippen molar-refractivity contribution in [3.05, 3.63) is 0 Å². The molecule has 0 radical (unpaired) electrons. The second kappa shape index (κ2) is 16.7. The van der Waals surface area contributed by atoms with Crippen LogP contribution < -0.4 is 10.6 Å². The monoisotopic (exact) mass is 443 g/mol. The fourth-order valence-corrected chi connectivity index (χ4v) is 2.18. The average Bonchev–Trinajstić information content (AvgIpc) is 3.05. The Kier molecular flexibility index (Phi) is 16.6. The molecule has 0 aromatic rings. The maximum atomic E-state index is 5.62. The van der Waals surface area contributed by atoms with E-state index in [4.69, 9.17) is 14.2 Å². The van der Waals surface area contributed by atoms with E-state index >= 15 is 0 Å². The van der Waals surface area contributed by atoms with Crippen molar-refractivity contribution in [2.24, 2.45) is 4.99 Å². The third-order valence-corrected chi connectivity index (χ3v) is 3.49. The molecular formula is C16H34IN3O3. The molecule has 138 valence electrons. The van der Waals surface area contributed by atoms with E-state index in [0.29, 0.717) is 12.7 Å². The Bertz CT molecular complexity index is 288. The first-order valence-electron chi connectivity index (χ1n) is 8.58. The van der Waals surface area contributed by atoms with Crippen molar-refractivity contribution in [2.45, 2.75) is 45.1 Å². The second-order valence-electron chi connectivity index (χ2n) is 5.46. The van der Waals surface area contributed by atoms with Crippen molar-refractivity contribution in [2.75, 3.05) is 53.2 Å². The SMILES string of the molecule is CCCCOCCNC(=NC)NCCCOCC1CCCO1.I. The first-order valence-corrected chi connectivity index (χ1v) is 8.58. The summed E-state index contributed by atoms with van der Waals surface area (Å²) < 4.78 is 16.6. The maximum Gasteiger partial charge on any atom is 0.191 e. The Morgan fingerprint density at radius 2 is 1.91 bits per heavy atom. The first-order chi connectivity index (χ1) is 10.9. The van der Waals surface area contributed by atoms with Crippen molar-refractivity contribution in [1.29, 1.82) is 0 Å². The molecule has 1 fully saturated rings. The highest BCUT2D eigenvalue weighted by Crippen LogP contribution is 2.11. The van der Waals surface area contributed by atoms with Crippen LogP contribution in [0.2, 0.25) is 0 Å². The zero-order chi connectivity index (χ0) is 15.9. The van der Waals surface area contributed by atoms with Crippen LogP contribution in [-0.2, 0) is 14.2 Å². The van der Waals surface area contributed by atoms with Crippen LogP contribution in [0.1, 0.15) is 39.0 Å². The fraction of sp³-hybridized carbons (Fsp3) is 0.938. The quantitative estimate of drug-likeness (QED) is 0.210. The van der Waals surface area contributed by atoms with Gasteiger partial charge in [0.15, 0.2) is 5.96 Å². The molecule has 0 bridgehead atoms. The predicted octanol–water partition coefficient (Wildman–Crippen LogP) is 2.17. The number of aliphatic imine (C=N–C) groups is 1. The van der Waals surface area contributed by atoms with Crippen LogP contribution >= 0.6 is 24.0 Å². The van der Waals surface area contributed by atoms with Gasteiger partial charge in [-0.15, -0.1) is 24.0 Å². The van der Waals surface area contributed by atoms with E-state index in [9.17, 15) is 0 Å². The van der Waals surface area contributed by atoms with Gasteiger partial charge in [-0.2, -0.15) is 0 Å². The number of hydrogen-bond donors (Lipinski definition) is 2. The summed E-state index contributed by atoms with van der Waals surface area (Å²) in [5.74, 6) is 0.818. The predicted molar refractivity (Wildman–Crippen MR) is 105 cm³/mol. The molecular weight excluding hydrogens is 409 g/mol. The second-order valence-corrected chi connectivity index (χ2v) is 5.46. The fourth-order valence-electron chi connectivity index (χ4n) is 2.18. The zero-order valence-electron chi connectivity index (χ0n) is 14.6. The van der Waals surface area contributed by atoms with Gasteiger partial charge in [-0.25, -0.2) is 0 Å². The minimum atomic E-state index is 0. The Balaban J connectivity index is 0.00000484. The van der Waals surface area contributed by atoms with Crippen LogP contribution in [-0.4, -0.2) is 65.2 Å². The smallest absolute Gasteiger partial charge is 0.191 e. The molecule has 1 heterocycles. The highest BCUT2D eigenvalue weighted by molar-refractivity contribution is 14.0. The van der Waals surface area contributed by atoms with Gasteiger partial charge in [-0.05, 0) is 25.7 Å². The summed E-state index contributed by atoms with van der Waals surface area (Å²) in [4.78, 5) is 4.18. The lowest BCUT2D eigenvalue weighted by Gasteiger charge is -2.13. The summed E-state index contributed by atoms with van der Waals surface area (Å²) in [5.41, 5.74) is 0. The number of rotatable bonds is 12. The lowest BCUT2D eigenvalue weighted by Crippen LogP contribution is -2.39. The Labute approximate surface area is 158 Å². The highest BCUT2D eigenvalue weighted by Gasteiger charge is 2.14. The molecule has 1 atom stereocenters. The number of halogens is 1. The van der Waals surface area contributed by atoms with E-state index < -0.39 is 0 Å². The molecule has 6 nitrogen and oxygen atoms in total. The normalized spacial score (nSPS) is 17.8. The number of hydrogen-bond acceptors (Lipinski definition) is 4. The van der Waals surface area contributed by atoms with Crippen LogP contribution in [0.3, 0.4) is 0 Å². The number of unbranched alkanes of at least 4 members (excludes halogenated alkanes) is 1. The first kappa shape index (κ1) is 22.9. The third kappa shape index (κ3) is 12.9. The number of nitrogens with one attached hydrogen (secondary N) is 2. The average molecular weight is 443 g/mol. The van der Waals surface area contributed by atoms with Crippen LogP contribution in [0.4, 0.5) is 0 Å². The largest absolute Gasteiger partial charge is 0.380 e. The van der Waals surface area contributed by atoms with Gasteiger partial charge in [0, 0.05) is 40.0 Å². The maximum absolute atomic E-state index is 5.62. The summed E-state index contributed by atoms with van der Waals surface area (Å²) in [7, 11) is 1.78. The molecule has 7 heteroatoms. The third-order valence-electron chi connectivity index (χ3n) is 3.49. The lowest BCUT2D eigenvalue weighted by atomic mass is 10.2. The van der Waals surface area contributed by atoms with Gasteiger partial charge in [0.25, 0.3) is 0 Å². The summed E-state index contributed by atoms with van der Waals surface area (Å²) in [5, 5.41) is 6.51. The minimum Gasteiger partial charge on any atom is -0.380 e. The molecule has 0 saturated carbocycles. The van der Waals surface area contributed by atoms with Crippen LogP contribution in [0, 0.1) is 0 Å². The summed E-state index contributed by atoms with van der Waals surface area (Å²) in [6.45, 7) is 7.71. The molecule has 2 N–H and O–H groups in total. The van der Waals surface area contributed by atoms with Gasteiger partial charge in [-0.3, -0.25) is 4.99 Å². The summed E-state index contributed by atoms with van der Waals surface area (Å²) in [6.07, 6.45) is 5.87. The molecule has 0 aliphatic carbocycles. The Morgan fingerprint density at radius 3 is 2.61 bits per heavy atom.